The summed E-state index contributed by atoms with van der Waals surface area (Å²) in [7, 11) is 0. The summed E-state index contributed by atoms with van der Waals surface area (Å²) in [4.78, 5) is 0. The third-order valence-corrected chi connectivity index (χ3v) is 17.4. The first kappa shape index (κ1) is 39.9. The number of hydrogen-bond donors (Lipinski definition) is 0. The molecule has 16 aromatic rings. The molecule has 2 aromatic heterocycles. The lowest BCUT2D eigenvalue weighted by Gasteiger charge is -2.34. The number of hydrogen-bond acceptors (Lipinski definition) is 0. The lowest BCUT2D eigenvalue weighted by atomic mass is 9.34. The number of fused-ring (bicyclic) bond motifs is 20. The summed E-state index contributed by atoms with van der Waals surface area (Å²) in [5.74, 6) is 0. The fourth-order valence-electron chi connectivity index (χ4n) is 14.1. The SMILES string of the molecule is c1cc2c3c(c1)-n1c4ccc5c6ccccc6c6ccccc6c5c4c4cc(-c5ccc6ccccc6c5)cc(c41)B3c1cc(-c3ccc4ccccc4c3)cc3c4cc(-c5ccc6ccccc6c5)ccc4n-2c13. The zero-order chi connectivity index (χ0) is 48.6. The normalized spacial score (nSPS) is 12.8. The molecule has 0 bridgehead atoms. The fraction of sp³-hybridized carbons (Fsp3) is 0. The molecule has 0 N–H and O–H groups in total. The number of nitrogens with zero attached hydrogens (tertiary/aromatic N) is 2. The second-order valence-corrected chi connectivity index (χ2v) is 21.1. The van der Waals surface area contributed by atoms with Gasteiger partial charge in [-0.25, -0.2) is 0 Å². The second-order valence-electron chi connectivity index (χ2n) is 21.1. The highest BCUT2D eigenvalue weighted by Crippen LogP contribution is 2.47. The highest BCUT2D eigenvalue weighted by atomic mass is 15.0. The third-order valence-electron chi connectivity index (χ3n) is 17.4. The van der Waals surface area contributed by atoms with Crippen molar-refractivity contribution in [1.29, 1.82) is 0 Å². The van der Waals surface area contributed by atoms with Crippen molar-refractivity contribution in [3.8, 4) is 44.8 Å². The van der Waals surface area contributed by atoms with Crippen LogP contribution in [0.3, 0.4) is 0 Å². The van der Waals surface area contributed by atoms with Crippen LogP contribution in [0.2, 0.25) is 0 Å². The molecule has 0 fully saturated rings. The Bertz CT molecular complexity index is 5230. The highest BCUT2D eigenvalue weighted by Gasteiger charge is 2.41. The maximum Gasteiger partial charge on any atom is 0.252 e. The van der Waals surface area contributed by atoms with Gasteiger partial charge in [0.05, 0.1) is 11.0 Å². The molecule has 0 spiro atoms. The van der Waals surface area contributed by atoms with Gasteiger partial charge >= 0.3 is 0 Å². The molecule has 18 rings (SSSR count). The van der Waals surface area contributed by atoms with Crippen molar-refractivity contribution in [2.24, 2.45) is 0 Å². The van der Waals surface area contributed by atoms with Crippen molar-refractivity contribution in [2.45, 2.75) is 0 Å². The van der Waals surface area contributed by atoms with Crippen LogP contribution in [-0.2, 0) is 0 Å². The van der Waals surface area contributed by atoms with Crippen LogP contribution in [0.15, 0.2) is 249 Å². The molecule has 2 aliphatic rings. The summed E-state index contributed by atoms with van der Waals surface area (Å²) < 4.78 is 5.25. The number of benzene rings is 14. The standard InChI is InChI=1S/C72H41BN2/c1-4-15-45-34-48(27-24-42(45)12-1)51-30-32-64-59(37-51)60-38-52(49-28-25-43-13-2-5-16-46(43)35-49)40-62-71(60)74(64)66-22-11-23-67-70(66)73(62)63-41-53(50-29-26-44-14-3-6-17-47(44)36-50)39-61-69-65(75(67)72(61)63)33-31-58-56-20-8-7-18-54(56)55-19-9-10-21-57(55)68(58)69/h1-41H. The molecule has 2 aliphatic heterocycles. The Kier molecular flexibility index (Phi) is 7.71. The zero-order valence-electron chi connectivity index (χ0n) is 40.6. The van der Waals surface area contributed by atoms with E-state index in [4.69, 9.17) is 0 Å². The van der Waals surface area contributed by atoms with Gasteiger partial charge in [0.2, 0.25) is 0 Å². The van der Waals surface area contributed by atoms with Crippen molar-refractivity contribution < 1.29 is 0 Å². The number of aromatic nitrogens is 2. The van der Waals surface area contributed by atoms with Crippen LogP contribution in [-0.4, -0.2) is 15.8 Å². The van der Waals surface area contributed by atoms with Crippen LogP contribution in [0.1, 0.15) is 0 Å². The third kappa shape index (κ3) is 5.34. The van der Waals surface area contributed by atoms with Crippen molar-refractivity contribution >= 4 is 131 Å². The molecule has 0 aliphatic carbocycles. The van der Waals surface area contributed by atoms with E-state index in [1.165, 1.54) is 169 Å². The van der Waals surface area contributed by atoms with Crippen molar-refractivity contribution in [1.82, 2.24) is 9.13 Å². The largest absolute Gasteiger partial charge is 0.310 e. The fourth-order valence-corrected chi connectivity index (χ4v) is 14.1. The number of rotatable bonds is 3. The van der Waals surface area contributed by atoms with E-state index < -0.39 is 0 Å². The summed E-state index contributed by atoms with van der Waals surface area (Å²) in [6, 6.07) is 94.5. The summed E-state index contributed by atoms with van der Waals surface area (Å²) in [5, 5.41) is 20.4. The highest BCUT2D eigenvalue weighted by molar-refractivity contribution is 7.00. The van der Waals surface area contributed by atoms with Crippen LogP contribution in [0, 0.1) is 0 Å². The summed E-state index contributed by atoms with van der Waals surface area (Å²) >= 11 is 0. The molecule has 3 heteroatoms. The molecule has 0 saturated carbocycles. The topological polar surface area (TPSA) is 9.86 Å². The van der Waals surface area contributed by atoms with Gasteiger partial charge in [-0.2, -0.15) is 0 Å². The van der Waals surface area contributed by atoms with Crippen molar-refractivity contribution in [3.05, 3.63) is 249 Å². The Labute approximate surface area is 431 Å². The Morgan fingerprint density at radius 3 is 1.24 bits per heavy atom. The predicted molar refractivity (Wildman–Crippen MR) is 321 cm³/mol. The van der Waals surface area contributed by atoms with Crippen LogP contribution >= 0.6 is 0 Å². The van der Waals surface area contributed by atoms with Gasteiger partial charge in [-0.1, -0.05) is 188 Å². The van der Waals surface area contributed by atoms with Gasteiger partial charge in [-0.05, 0) is 170 Å². The molecule has 0 saturated heterocycles. The quantitative estimate of drug-likeness (QED) is 0.123. The van der Waals surface area contributed by atoms with Gasteiger partial charge in [0.1, 0.15) is 0 Å². The molecule has 2 nitrogen and oxygen atoms in total. The minimum atomic E-state index is -0.0561. The average Bonchev–Trinajstić information content (AvgIpc) is 4.10. The van der Waals surface area contributed by atoms with Crippen LogP contribution < -0.4 is 16.4 Å². The van der Waals surface area contributed by atoms with E-state index in [9.17, 15) is 0 Å². The maximum atomic E-state index is 2.64. The van der Waals surface area contributed by atoms with Crippen molar-refractivity contribution in [2.75, 3.05) is 0 Å². The van der Waals surface area contributed by atoms with Gasteiger partial charge in [-0.3, -0.25) is 0 Å². The molecule has 4 heterocycles. The van der Waals surface area contributed by atoms with Gasteiger partial charge < -0.3 is 9.13 Å². The van der Waals surface area contributed by atoms with E-state index >= 15 is 0 Å². The Morgan fingerprint density at radius 2 is 0.653 bits per heavy atom. The molecule has 0 atom stereocenters. The predicted octanol–water partition coefficient (Wildman–Crippen LogP) is 16.9. The maximum absolute atomic E-state index is 2.64. The zero-order valence-corrected chi connectivity index (χ0v) is 40.6. The van der Waals surface area contributed by atoms with E-state index in [1.54, 1.807) is 0 Å². The van der Waals surface area contributed by atoms with Gasteiger partial charge in [0.15, 0.2) is 0 Å². The van der Waals surface area contributed by atoms with E-state index in [0.29, 0.717) is 0 Å². The van der Waals surface area contributed by atoms with E-state index in [0.717, 1.165) is 0 Å². The van der Waals surface area contributed by atoms with E-state index in [1.807, 2.05) is 0 Å². The van der Waals surface area contributed by atoms with Gasteiger partial charge in [0.25, 0.3) is 6.71 Å². The Morgan fingerprint density at radius 1 is 0.240 bits per heavy atom. The molecule has 0 unspecified atom stereocenters. The van der Waals surface area contributed by atoms with Gasteiger partial charge in [-0.15, -0.1) is 0 Å². The molecule has 342 valence electrons. The van der Waals surface area contributed by atoms with Gasteiger partial charge in [0, 0.05) is 49.3 Å². The molecular formula is C72H41BN2. The molecular weight excluding hydrogens is 904 g/mol. The minimum absolute atomic E-state index is 0.0561. The van der Waals surface area contributed by atoms with E-state index in [-0.39, 0.29) is 6.71 Å². The minimum Gasteiger partial charge on any atom is -0.310 e. The monoisotopic (exact) mass is 944 g/mol. The van der Waals surface area contributed by atoms with E-state index in [2.05, 4.69) is 258 Å². The van der Waals surface area contributed by atoms with Crippen LogP contribution in [0.4, 0.5) is 0 Å². The molecule has 75 heavy (non-hydrogen) atoms. The summed E-state index contributed by atoms with van der Waals surface area (Å²) in [5.41, 5.74) is 18.9. The lowest BCUT2D eigenvalue weighted by molar-refractivity contribution is 1.14. The first-order valence-corrected chi connectivity index (χ1v) is 26.3. The molecule has 0 radical (unpaired) electrons. The Balaban J connectivity index is 1.00. The summed E-state index contributed by atoms with van der Waals surface area (Å²) in [6.07, 6.45) is 0. The first-order chi connectivity index (χ1) is 37.2. The average molecular weight is 945 g/mol. The Hall–Kier alpha value is -9.70. The van der Waals surface area contributed by atoms with Crippen molar-refractivity contribution in [3.63, 3.8) is 0 Å². The van der Waals surface area contributed by atoms with Crippen LogP contribution in [0.25, 0.3) is 153 Å². The first-order valence-electron chi connectivity index (χ1n) is 26.3. The second kappa shape index (κ2) is 14.5. The smallest absolute Gasteiger partial charge is 0.252 e. The summed E-state index contributed by atoms with van der Waals surface area (Å²) in [6.45, 7) is -0.0561. The molecule has 14 aromatic carbocycles. The molecule has 0 amide bonds. The lowest BCUT2D eigenvalue weighted by Crippen LogP contribution is -2.59. The van der Waals surface area contributed by atoms with Crippen LogP contribution in [0.5, 0.6) is 0 Å².